The molecule has 0 spiro atoms. The predicted octanol–water partition coefficient (Wildman–Crippen LogP) is 1.80. The van der Waals surface area contributed by atoms with E-state index in [0.717, 1.165) is 0 Å². The topological polar surface area (TPSA) is 65.5 Å². The summed E-state index contributed by atoms with van der Waals surface area (Å²) < 4.78 is 0. The third-order valence-corrected chi connectivity index (χ3v) is 2.82. The number of nitrogens with one attached hydrogen (secondary N) is 1. The van der Waals surface area contributed by atoms with Crippen molar-refractivity contribution in [2.75, 3.05) is 26.0 Å². The van der Waals surface area contributed by atoms with Gasteiger partial charge in [0.2, 0.25) is 0 Å². The Balaban J connectivity index is 2.70. The number of halogens is 1. The molecule has 0 aliphatic heterocycles. The first kappa shape index (κ1) is 13.7. The van der Waals surface area contributed by atoms with Crippen molar-refractivity contribution < 1.29 is 9.90 Å². The van der Waals surface area contributed by atoms with Crippen molar-refractivity contribution >= 4 is 23.4 Å². The lowest BCUT2D eigenvalue weighted by molar-refractivity contribution is 0.0696. The number of carbonyl (C=O) groups is 1. The fourth-order valence-corrected chi connectivity index (χ4v) is 1.35. The molecule has 1 atom stereocenters. The van der Waals surface area contributed by atoms with Gasteiger partial charge >= 0.3 is 5.97 Å². The summed E-state index contributed by atoms with van der Waals surface area (Å²) >= 11 is 5.93. The van der Waals surface area contributed by atoms with Crippen LogP contribution < -0.4 is 5.32 Å². The fourth-order valence-electron chi connectivity index (χ4n) is 1.11. The van der Waals surface area contributed by atoms with Crippen molar-refractivity contribution in [2.45, 2.75) is 13.0 Å². The Morgan fingerprint density at radius 1 is 1.65 bits per heavy atom. The molecule has 17 heavy (non-hydrogen) atoms. The third-order valence-electron chi connectivity index (χ3n) is 2.53. The van der Waals surface area contributed by atoms with E-state index in [1.165, 1.54) is 12.3 Å². The van der Waals surface area contributed by atoms with Crippen LogP contribution in [0.1, 0.15) is 17.3 Å². The van der Waals surface area contributed by atoms with Crippen molar-refractivity contribution in [3.05, 3.63) is 22.8 Å². The molecule has 0 aliphatic rings. The van der Waals surface area contributed by atoms with Gasteiger partial charge in [0.25, 0.3) is 0 Å². The van der Waals surface area contributed by atoms with E-state index in [-0.39, 0.29) is 5.56 Å². The number of nitrogens with zero attached hydrogens (tertiary/aromatic N) is 2. The van der Waals surface area contributed by atoms with E-state index in [1.54, 1.807) is 0 Å². The van der Waals surface area contributed by atoms with Gasteiger partial charge in [-0.2, -0.15) is 0 Å². The Bertz CT molecular complexity index is 410. The maximum Gasteiger partial charge on any atom is 0.337 e. The minimum absolute atomic E-state index is 0.0845. The Morgan fingerprint density at radius 2 is 2.29 bits per heavy atom. The molecule has 0 aromatic carbocycles. The van der Waals surface area contributed by atoms with E-state index in [9.17, 15) is 4.79 Å². The van der Waals surface area contributed by atoms with Gasteiger partial charge in [-0.1, -0.05) is 11.6 Å². The molecular formula is C11H16ClN3O2. The van der Waals surface area contributed by atoms with Crippen LogP contribution in [0.3, 0.4) is 0 Å². The highest BCUT2D eigenvalue weighted by Gasteiger charge is 2.10. The van der Waals surface area contributed by atoms with Crippen LogP contribution >= 0.6 is 11.6 Å². The lowest BCUT2D eigenvalue weighted by atomic mass is 10.2. The summed E-state index contributed by atoms with van der Waals surface area (Å²) in [6.45, 7) is 2.75. The number of hydrogen-bond acceptors (Lipinski definition) is 4. The van der Waals surface area contributed by atoms with Gasteiger partial charge in [-0.3, -0.25) is 0 Å². The molecule has 1 unspecified atom stereocenters. The summed E-state index contributed by atoms with van der Waals surface area (Å²) in [5.41, 5.74) is 0.0845. The number of rotatable bonds is 5. The molecule has 0 aliphatic carbocycles. The van der Waals surface area contributed by atoms with Crippen molar-refractivity contribution in [1.82, 2.24) is 9.88 Å². The molecule has 6 heteroatoms. The molecule has 0 saturated carbocycles. The Labute approximate surface area is 105 Å². The van der Waals surface area contributed by atoms with E-state index in [4.69, 9.17) is 16.7 Å². The van der Waals surface area contributed by atoms with Gasteiger partial charge in [-0.15, -0.1) is 0 Å². The first-order valence-corrected chi connectivity index (χ1v) is 5.58. The van der Waals surface area contributed by atoms with E-state index >= 15 is 0 Å². The molecule has 0 amide bonds. The number of carboxylic acids is 1. The molecule has 5 nitrogen and oxygen atoms in total. The fraction of sp³-hybridized carbons (Fsp3) is 0.455. The quantitative estimate of drug-likeness (QED) is 0.842. The monoisotopic (exact) mass is 257 g/mol. The van der Waals surface area contributed by atoms with Crippen LogP contribution in [0.5, 0.6) is 0 Å². The van der Waals surface area contributed by atoms with Gasteiger partial charge in [0.15, 0.2) is 0 Å². The highest BCUT2D eigenvalue weighted by Crippen LogP contribution is 2.20. The Hall–Kier alpha value is -1.33. The van der Waals surface area contributed by atoms with Crippen molar-refractivity contribution in [3.63, 3.8) is 0 Å². The number of likely N-dealkylation sites (N-methyl/N-ethyl adjacent to an activating group) is 1. The average molecular weight is 258 g/mol. The molecule has 1 aromatic rings. The van der Waals surface area contributed by atoms with E-state index in [0.29, 0.717) is 23.4 Å². The van der Waals surface area contributed by atoms with Crippen LogP contribution in [-0.2, 0) is 0 Å². The van der Waals surface area contributed by atoms with Crippen LogP contribution in [0.25, 0.3) is 0 Å². The zero-order valence-corrected chi connectivity index (χ0v) is 10.8. The van der Waals surface area contributed by atoms with Gasteiger partial charge in [0.1, 0.15) is 5.82 Å². The largest absolute Gasteiger partial charge is 0.478 e. The highest BCUT2D eigenvalue weighted by molar-refractivity contribution is 6.33. The molecule has 2 N–H and O–H groups in total. The normalized spacial score (nSPS) is 12.5. The number of hydrogen-bond donors (Lipinski definition) is 2. The van der Waals surface area contributed by atoms with Crippen LogP contribution in [0.2, 0.25) is 5.02 Å². The van der Waals surface area contributed by atoms with E-state index in [1.807, 2.05) is 14.1 Å². The van der Waals surface area contributed by atoms with Gasteiger partial charge in [-0.25, -0.2) is 9.78 Å². The van der Waals surface area contributed by atoms with Crippen LogP contribution in [0.4, 0.5) is 5.82 Å². The van der Waals surface area contributed by atoms with Gasteiger partial charge in [-0.05, 0) is 27.1 Å². The number of pyridine rings is 1. The first-order valence-electron chi connectivity index (χ1n) is 5.21. The predicted molar refractivity (Wildman–Crippen MR) is 67.8 cm³/mol. The third kappa shape index (κ3) is 3.87. The lowest BCUT2D eigenvalue weighted by Crippen LogP contribution is -2.31. The minimum Gasteiger partial charge on any atom is -0.478 e. The SMILES string of the molecule is CC(CNc1ncc(C(=O)O)cc1Cl)N(C)C. The number of anilines is 1. The summed E-state index contributed by atoms with van der Waals surface area (Å²) in [4.78, 5) is 16.7. The summed E-state index contributed by atoms with van der Waals surface area (Å²) in [6, 6.07) is 1.71. The Kier molecular flexibility index (Phi) is 4.72. The minimum atomic E-state index is -1.03. The van der Waals surface area contributed by atoms with Crippen LogP contribution in [-0.4, -0.2) is 47.6 Å². The smallest absolute Gasteiger partial charge is 0.337 e. The summed E-state index contributed by atoms with van der Waals surface area (Å²) in [6.07, 6.45) is 1.29. The molecule has 1 heterocycles. The second kappa shape index (κ2) is 5.84. The summed E-state index contributed by atoms with van der Waals surface area (Å²) in [7, 11) is 3.96. The molecule has 0 saturated heterocycles. The first-order chi connectivity index (χ1) is 7.91. The maximum atomic E-state index is 10.7. The summed E-state index contributed by atoms with van der Waals surface area (Å²) in [5, 5.41) is 12.2. The van der Waals surface area contributed by atoms with Crippen molar-refractivity contribution in [1.29, 1.82) is 0 Å². The standard InChI is InChI=1S/C11H16ClN3O2/c1-7(15(2)3)5-13-10-9(12)4-8(6-14-10)11(16)17/h4,6-7H,5H2,1-3H3,(H,13,14)(H,16,17). The second-order valence-corrected chi connectivity index (χ2v) is 4.46. The number of carboxylic acid groups (broad SMARTS) is 1. The lowest BCUT2D eigenvalue weighted by Gasteiger charge is -2.20. The molecule has 0 radical (unpaired) electrons. The Morgan fingerprint density at radius 3 is 2.76 bits per heavy atom. The average Bonchev–Trinajstić information content (AvgIpc) is 2.26. The molecule has 0 fully saturated rings. The zero-order chi connectivity index (χ0) is 13.0. The molecule has 0 bridgehead atoms. The van der Waals surface area contributed by atoms with E-state index < -0.39 is 5.97 Å². The summed E-state index contributed by atoms with van der Waals surface area (Å²) in [5.74, 6) is -0.530. The van der Waals surface area contributed by atoms with E-state index in [2.05, 4.69) is 22.1 Å². The van der Waals surface area contributed by atoms with Gasteiger partial charge in [0.05, 0.1) is 10.6 Å². The van der Waals surface area contributed by atoms with Crippen LogP contribution in [0.15, 0.2) is 12.3 Å². The molecule has 1 rings (SSSR count). The maximum absolute atomic E-state index is 10.7. The van der Waals surface area contributed by atoms with Crippen molar-refractivity contribution in [3.8, 4) is 0 Å². The van der Waals surface area contributed by atoms with Gasteiger partial charge < -0.3 is 15.3 Å². The van der Waals surface area contributed by atoms with Crippen LogP contribution in [0, 0.1) is 0 Å². The number of aromatic carboxylic acids is 1. The molecule has 1 aromatic heterocycles. The zero-order valence-electron chi connectivity index (χ0n) is 10.1. The number of aromatic nitrogens is 1. The second-order valence-electron chi connectivity index (χ2n) is 4.05. The van der Waals surface area contributed by atoms with Gasteiger partial charge in [0, 0.05) is 18.8 Å². The highest BCUT2D eigenvalue weighted by atomic mass is 35.5. The molecular weight excluding hydrogens is 242 g/mol. The molecule has 94 valence electrons. The van der Waals surface area contributed by atoms with Crippen molar-refractivity contribution in [2.24, 2.45) is 0 Å².